The van der Waals surface area contributed by atoms with Crippen LogP contribution in [0.1, 0.15) is 93.4 Å². The number of carbonyl (C=O) groups is 1. The van der Waals surface area contributed by atoms with Crippen molar-refractivity contribution in [2.45, 2.75) is 90.4 Å². The van der Waals surface area contributed by atoms with Crippen LogP contribution < -0.4 is 35.2 Å². The fourth-order valence-corrected chi connectivity index (χ4v) is 5.61. The molecule has 2 aromatic heterocycles. The van der Waals surface area contributed by atoms with Crippen LogP contribution in [-0.2, 0) is 10.1 Å². The molecule has 0 aromatic carbocycles. The Hall–Kier alpha value is -1.19. The molecule has 32 heavy (non-hydrogen) atoms. The fraction of sp³-hybridized carbons (Fsp3) is 0.565. The van der Waals surface area contributed by atoms with Crippen molar-refractivity contribution in [2.24, 2.45) is 0 Å². The van der Waals surface area contributed by atoms with E-state index in [1.54, 1.807) is 13.0 Å². The van der Waals surface area contributed by atoms with Crippen molar-refractivity contribution in [2.75, 3.05) is 0 Å². The minimum Gasteiger partial charge on any atom is -0.744 e. The molecule has 0 saturated heterocycles. The fourth-order valence-electron chi connectivity index (χ4n) is 4.68. The standard InChI is InChI=1S/C23H32N2O5S.Na/c1-5-6-7-8-9-10-11-12-13-18-15(2)22(26)25-20(18)14-19-16(3)21(31(28,29)30)17(4)24(19)23(25)27;/h14H,5-13H2,1-4H3,(H,28,29,30);/q;+1/p-1. The smallest absolute Gasteiger partial charge is 0.744 e. The van der Waals surface area contributed by atoms with Crippen LogP contribution in [0.25, 0.3) is 11.1 Å². The first-order valence-corrected chi connectivity index (χ1v) is 12.5. The first-order valence-electron chi connectivity index (χ1n) is 11.1. The van der Waals surface area contributed by atoms with Crippen LogP contribution in [0.5, 0.6) is 0 Å². The Morgan fingerprint density at radius 3 is 2.06 bits per heavy atom. The predicted octanol–water partition coefficient (Wildman–Crippen LogP) is 1.58. The molecule has 0 aliphatic carbocycles. The molecule has 2 aromatic rings. The molecule has 1 aliphatic heterocycles. The summed E-state index contributed by atoms with van der Waals surface area (Å²) in [6.07, 6.45) is 10.1. The van der Waals surface area contributed by atoms with Crippen LogP contribution in [0.4, 0.5) is 0 Å². The summed E-state index contributed by atoms with van der Waals surface area (Å²) in [6, 6.07) is 1.67. The molecular formula is C23H31N2NaO5S. The zero-order valence-corrected chi connectivity index (χ0v) is 22.6. The van der Waals surface area contributed by atoms with E-state index in [1.807, 2.05) is 0 Å². The van der Waals surface area contributed by atoms with E-state index in [9.17, 15) is 22.6 Å². The van der Waals surface area contributed by atoms with Crippen LogP contribution in [0, 0.1) is 13.8 Å². The third kappa shape index (κ3) is 4.99. The topological polar surface area (TPSA) is 101 Å². The van der Waals surface area contributed by atoms with Gasteiger partial charge in [-0.3, -0.25) is 9.20 Å². The van der Waals surface area contributed by atoms with Gasteiger partial charge in [-0.05, 0) is 50.8 Å². The number of aromatic nitrogens is 2. The Labute approximate surface area is 211 Å². The van der Waals surface area contributed by atoms with Gasteiger partial charge in [0.15, 0.2) is 0 Å². The largest absolute Gasteiger partial charge is 1.00 e. The van der Waals surface area contributed by atoms with Crippen LogP contribution >= 0.6 is 0 Å². The van der Waals surface area contributed by atoms with Crippen molar-refractivity contribution in [1.82, 2.24) is 8.97 Å². The molecule has 0 unspecified atom stereocenters. The number of aryl methyl sites for hydroxylation is 2. The van der Waals surface area contributed by atoms with Gasteiger partial charge in [0.2, 0.25) is 0 Å². The van der Waals surface area contributed by atoms with Crippen molar-refractivity contribution in [3.8, 4) is 0 Å². The minimum absolute atomic E-state index is 0. The maximum absolute atomic E-state index is 13.1. The first kappa shape index (κ1) is 27.1. The number of hydrogen-bond acceptors (Lipinski definition) is 5. The Morgan fingerprint density at radius 1 is 0.938 bits per heavy atom. The van der Waals surface area contributed by atoms with Crippen molar-refractivity contribution < 1.29 is 47.3 Å². The SMILES string of the molecule is CCCCCCCCCCC1=C(C)C(=O)n2c1cc1c(C)c(S(=O)(=O)[O-])c(C)n1c2=O.[Na+]. The molecule has 0 atom stereocenters. The number of unbranched alkanes of at least 4 members (excludes halogenated alkanes) is 7. The summed E-state index contributed by atoms with van der Waals surface area (Å²) in [5, 5.41) is 0. The summed E-state index contributed by atoms with van der Waals surface area (Å²) in [6.45, 7) is 6.87. The quantitative estimate of drug-likeness (QED) is 0.298. The molecule has 3 heterocycles. The van der Waals surface area contributed by atoms with E-state index in [2.05, 4.69) is 6.92 Å². The molecule has 0 radical (unpaired) electrons. The number of allylic oxidation sites excluding steroid dienone is 2. The predicted molar refractivity (Wildman–Crippen MR) is 120 cm³/mol. The Bertz CT molecular complexity index is 1220. The van der Waals surface area contributed by atoms with Gasteiger partial charge >= 0.3 is 35.2 Å². The molecule has 0 N–H and O–H groups in total. The zero-order valence-electron chi connectivity index (χ0n) is 19.8. The van der Waals surface area contributed by atoms with Crippen LogP contribution in [-0.4, -0.2) is 27.8 Å². The van der Waals surface area contributed by atoms with Gasteiger partial charge in [0.25, 0.3) is 5.91 Å². The Morgan fingerprint density at radius 2 is 1.50 bits per heavy atom. The van der Waals surface area contributed by atoms with E-state index < -0.39 is 15.8 Å². The summed E-state index contributed by atoms with van der Waals surface area (Å²) in [5.41, 5.74) is 1.93. The van der Waals surface area contributed by atoms with E-state index in [4.69, 9.17) is 0 Å². The average molecular weight is 471 g/mol. The molecule has 3 rings (SSSR count). The monoisotopic (exact) mass is 470 g/mol. The molecule has 0 bridgehead atoms. The second kappa shape index (κ2) is 10.8. The van der Waals surface area contributed by atoms with Gasteiger partial charge in [0.1, 0.15) is 10.1 Å². The number of carbonyl (C=O) groups excluding carboxylic acids is 1. The Kier molecular flexibility index (Phi) is 9.15. The molecule has 9 heteroatoms. The molecule has 0 fully saturated rings. The van der Waals surface area contributed by atoms with Gasteiger partial charge < -0.3 is 4.55 Å². The van der Waals surface area contributed by atoms with Crippen molar-refractivity contribution in [3.63, 3.8) is 0 Å². The van der Waals surface area contributed by atoms with E-state index in [0.29, 0.717) is 23.2 Å². The minimum atomic E-state index is -4.74. The maximum Gasteiger partial charge on any atom is 1.00 e. The summed E-state index contributed by atoms with van der Waals surface area (Å²) in [4.78, 5) is 25.6. The van der Waals surface area contributed by atoms with Gasteiger partial charge in [-0.2, -0.15) is 0 Å². The molecule has 0 spiro atoms. The number of fused-ring (bicyclic) bond motifs is 2. The molecule has 0 saturated carbocycles. The molecule has 0 amide bonds. The van der Waals surface area contributed by atoms with Crippen molar-refractivity contribution in [3.05, 3.63) is 39.1 Å². The zero-order chi connectivity index (χ0) is 22.9. The van der Waals surface area contributed by atoms with E-state index >= 15 is 0 Å². The summed E-state index contributed by atoms with van der Waals surface area (Å²) in [5.74, 6) is -0.381. The summed E-state index contributed by atoms with van der Waals surface area (Å²) in [7, 11) is -4.74. The van der Waals surface area contributed by atoms with Gasteiger partial charge in [0.05, 0.1) is 16.1 Å². The normalized spacial score (nSPS) is 13.7. The third-order valence-corrected chi connectivity index (χ3v) is 7.44. The van der Waals surface area contributed by atoms with E-state index in [1.165, 1.54) is 46.0 Å². The average Bonchev–Trinajstić information content (AvgIpc) is 3.09. The van der Waals surface area contributed by atoms with E-state index in [-0.39, 0.29) is 51.6 Å². The molecular weight excluding hydrogens is 439 g/mol. The molecule has 1 aliphatic rings. The van der Waals surface area contributed by atoms with Gasteiger partial charge in [-0.15, -0.1) is 0 Å². The van der Waals surface area contributed by atoms with Crippen molar-refractivity contribution in [1.29, 1.82) is 0 Å². The number of hydrogen-bond donors (Lipinski definition) is 0. The molecule has 170 valence electrons. The van der Waals surface area contributed by atoms with Crippen LogP contribution in [0.2, 0.25) is 0 Å². The van der Waals surface area contributed by atoms with Crippen molar-refractivity contribution >= 4 is 27.1 Å². The first-order chi connectivity index (χ1) is 14.6. The summed E-state index contributed by atoms with van der Waals surface area (Å²) >= 11 is 0. The van der Waals surface area contributed by atoms with Gasteiger partial charge in [-0.1, -0.05) is 51.9 Å². The van der Waals surface area contributed by atoms with Crippen LogP contribution in [0.15, 0.2) is 21.3 Å². The van der Waals surface area contributed by atoms with Crippen LogP contribution in [0.3, 0.4) is 0 Å². The third-order valence-electron chi connectivity index (χ3n) is 6.34. The Balaban J connectivity index is 0.00000363. The number of nitrogens with zero attached hydrogens (tertiary/aromatic N) is 2. The second-order valence-electron chi connectivity index (χ2n) is 8.50. The summed E-state index contributed by atoms with van der Waals surface area (Å²) < 4.78 is 37.4. The molecule has 7 nitrogen and oxygen atoms in total. The number of rotatable bonds is 10. The second-order valence-corrected chi connectivity index (χ2v) is 9.81. The van der Waals surface area contributed by atoms with E-state index in [0.717, 1.165) is 33.8 Å². The van der Waals surface area contributed by atoms with Gasteiger partial charge in [-0.25, -0.2) is 17.8 Å². The van der Waals surface area contributed by atoms with Gasteiger partial charge in [0, 0.05) is 11.3 Å². The maximum atomic E-state index is 13.1.